The predicted octanol–water partition coefficient (Wildman–Crippen LogP) is 5.47. The number of hydrogen-bond acceptors (Lipinski definition) is 2. The van der Waals surface area contributed by atoms with Crippen LogP contribution in [0.4, 0.5) is 4.39 Å². The first-order chi connectivity index (χ1) is 9.86. The van der Waals surface area contributed by atoms with Crippen LogP contribution < -0.4 is 10.5 Å². The van der Waals surface area contributed by atoms with Crippen LogP contribution in [0.2, 0.25) is 15.1 Å². The Morgan fingerprint density at radius 1 is 1.05 bits per heavy atom. The summed E-state index contributed by atoms with van der Waals surface area (Å²) < 4.78 is 19.5. The molecule has 0 aliphatic heterocycles. The average molecular weight is 349 g/mol. The molecule has 2 rings (SSSR count). The van der Waals surface area contributed by atoms with Gasteiger partial charge in [-0.2, -0.15) is 0 Å². The molecule has 0 aliphatic carbocycles. The summed E-state index contributed by atoms with van der Waals surface area (Å²) >= 11 is 17.7. The summed E-state index contributed by atoms with van der Waals surface area (Å²) in [5.74, 6) is -0.191. The van der Waals surface area contributed by atoms with Crippen molar-refractivity contribution >= 4 is 34.8 Å². The second-order valence-electron chi connectivity index (χ2n) is 4.74. The molecule has 2 N–H and O–H groups in total. The van der Waals surface area contributed by atoms with Crippen LogP contribution in [0.5, 0.6) is 11.5 Å². The van der Waals surface area contributed by atoms with Gasteiger partial charge < -0.3 is 10.5 Å². The molecule has 0 spiro atoms. The third kappa shape index (κ3) is 4.24. The van der Waals surface area contributed by atoms with E-state index in [0.717, 1.165) is 5.56 Å². The molecular formula is C15H13Cl3FNO. The molecule has 2 nitrogen and oxygen atoms in total. The Hall–Kier alpha value is -1.000. The first-order valence-corrected chi connectivity index (χ1v) is 7.36. The minimum absolute atomic E-state index is 0.0410. The van der Waals surface area contributed by atoms with Crippen LogP contribution in [0.25, 0.3) is 0 Å². The first kappa shape index (κ1) is 16.4. The highest BCUT2D eigenvalue weighted by Crippen LogP contribution is 2.37. The van der Waals surface area contributed by atoms with Crippen LogP contribution in [0.3, 0.4) is 0 Å². The molecule has 0 heterocycles. The normalized spacial score (nSPS) is 12.3. The van der Waals surface area contributed by atoms with E-state index in [9.17, 15) is 4.39 Å². The maximum atomic E-state index is 14.0. The molecule has 0 aromatic heterocycles. The van der Waals surface area contributed by atoms with E-state index in [1.165, 1.54) is 24.3 Å². The molecule has 0 radical (unpaired) electrons. The quantitative estimate of drug-likeness (QED) is 0.744. The highest BCUT2D eigenvalue weighted by molar-refractivity contribution is 6.43. The molecule has 0 aliphatic rings. The molecule has 21 heavy (non-hydrogen) atoms. The minimum atomic E-state index is -0.490. The van der Waals surface area contributed by atoms with E-state index in [0.29, 0.717) is 11.4 Å². The van der Waals surface area contributed by atoms with Gasteiger partial charge in [0.1, 0.15) is 5.75 Å². The molecule has 6 heteroatoms. The molecule has 0 amide bonds. The average Bonchev–Trinajstić information content (AvgIpc) is 2.38. The van der Waals surface area contributed by atoms with Gasteiger partial charge in [0.05, 0.1) is 15.1 Å². The summed E-state index contributed by atoms with van der Waals surface area (Å²) in [5.41, 5.74) is 6.49. The summed E-state index contributed by atoms with van der Waals surface area (Å²) in [4.78, 5) is 0. The van der Waals surface area contributed by atoms with Crippen LogP contribution in [-0.2, 0) is 6.42 Å². The molecule has 1 unspecified atom stereocenters. The molecule has 0 saturated carbocycles. The van der Waals surface area contributed by atoms with Crippen molar-refractivity contribution in [2.24, 2.45) is 5.73 Å². The zero-order valence-electron chi connectivity index (χ0n) is 11.2. The third-order valence-electron chi connectivity index (χ3n) is 2.75. The van der Waals surface area contributed by atoms with Gasteiger partial charge in [-0.05, 0) is 37.1 Å². The van der Waals surface area contributed by atoms with Crippen LogP contribution >= 0.6 is 34.8 Å². The standard InChI is InChI=1S/C15H13Cl3FNO/c1-8(20)4-9-2-3-14(13(19)5-9)21-15-7-11(17)10(16)6-12(15)18/h2-3,5-8H,4,20H2,1H3. The van der Waals surface area contributed by atoms with Crippen molar-refractivity contribution in [1.82, 2.24) is 0 Å². The Balaban J connectivity index is 2.26. The second-order valence-corrected chi connectivity index (χ2v) is 5.97. The topological polar surface area (TPSA) is 35.2 Å². The van der Waals surface area contributed by atoms with E-state index in [1.54, 1.807) is 6.07 Å². The third-order valence-corrected chi connectivity index (χ3v) is 3.77. The van der Waals surface area contributed by atoms with Gasteiger partial charge in [0.25, 0.3) is 0 Å². The SMILES string of the molecule is CC(N)Cc1ccc(Oc2cc(Cl)c(Cl)cc2Cl)c(F)c1. The second kappa shape index (κ2) is 6.84. The van der Waals surface area contributed by atoms with Crippen molar-refractivity contribution in [2.75, 3.05) is 0 Å². The number of benzene rings is 2. The van der Waals surface area contributed by atoms with Gasteiger partial charge >= 0.3 is 0 Å². The molecule has 2 aromatic rings. The molecule has 0 bridgehead atoms. The fraction of sp³-hybridized carbons (Fsp3) is 0.200. The van der Waals surface area contributed by atoms with Crippen molar-refractivity contribution < 1.29 is 9.13 Å². The summed E-state index contributed by atoms with van der Waals surface area (Å²) in [6, 6.07) is 7.54. The molecule has 112 valence electrons. The largest absolute Gasteiger partial charge is 0.453 e. The number of rotatable bonds is 4. The van der Waals surface area contributed by atoms with E-state index in [2.05, 4.69) is 0 Å². The van der Waals surface area contributed by atoms with E-state index in [4.69, 9.17) is 45.3 Å². The Morgan fingerprint density at radius 3 is 2.33 bits per heavy atom. The van der Waals surface area contributed by atoms with E-state index >= 15 is 0 Å². The van der Waals surface area contributed by atoms with Gasteiger partial charge in [-0.25, -0.2) is 4.39 Å². The lowest BCUT2D eigenvalue weighted by atomic mass is 10.1. The van der Waals surface area contributed by atoms with E-state index < -0.39 is 5.82 Å². The summed E-state index contributed by atoms with van der Waals surface area (Å²) in [6.07, 6.45) is 0.588. The van der Waals surface area contributed by atoms with Gasteiger partial charge in [-0.3, -0.25) is 0 Å². The smallest absolute Gasteiger partial charge is 0.165 e. The fourth-order valence-electron chi connectivity index (χ4n) is 1.83. The first-order valence-electron chi connectivity index (χ1n) is 6.23. The fourth-order valence-corrected chi connectivity index (χ4v) is 2.40. The maximum absolute atomic E-state index is 14.0. The van der Waals surface area contributed by atoms with Gasteiger partial charge in [0, 0.05) is 12.1 Å². The van der Waals surface area contributed by atoms with Crippen molar-refractivity contribution in [3.8, 4) is 11.5 Å². The van der Waals surface area contributed by atoms with Crippen LogP contribution in [0.15, 0.2) is 30.3 Å². The van der Waals surface area contributed by atoms with Crippen LogP contribution in [-0.4, -0.2) is 6.04 Å². The van der Waals surface area contributed by atoms with Crippen molar-refractivity contribution in [2.45, 2.75) is 19.4 Å². The predicted molar refractivity (Wildman–Crippen MR) is 85.3 cm³/mol. The molecular weight excluding hydrogens is 336 g/mol. The van der Waals surface area contributed by atoms with E-state index in [-0.39, 0.29) is 27.6 Å². The summed E-state index contributed by atoms with van der Waals surface area (Å²) in [7, 11) is 0. The monoisotopic (exact) mass is 347 g/mol. The lowest BCUT2D eigenvalue weighted by Gasteiger charge is -2.11. The number of halogens is 4. The number of nitrogens with two attached hydrogens (primary N) is 1. The molecule has 1 atom stereocenters. The lowest BCUT2D eigenvalue weighted by molar-refractivity contribution is 0.441. The highest BCUT2D eigenvalue weighted by atomic mass is 35.5. The molecule has 0 saturated heterocycles. The Bertz CT molecular complexity index is 662. The van der Waals surface area contributed by atoms with Crippen LogP contribution in [0.1, 0.15) is 12.5 Å². The summed E-state index contributed by atoms with van der Waals surface area (Å²) in [6.45, 7) is 1.86. The van der Waals surface area contributed by atoms with E-state index in [1.807, 2.05) is 6.92 Å². The Morgan fingerprint density at radius 2 is 1.71 bits per heavy atom. The van der Waals surface area contributed by atoms with Crippen molar-refractivity contribution in [3.05, 3.63) is 56.8 Å². The van der Waals surface area contributed by atoms with Crippen LogP contribution in [0, 0.1) is 5.82 Å². The minimum Gasteiger partial charge on any atom is -0.453 e. The molecule has 2 aromatic carbocycles. The number of ether oxygens (including phenoxy) is 1. The molecule has 0 fully saturated rings. The summed E-state index contributed by atoms with van der Waals surface area (Å²) in [5, 5.41) is 0.843. The zero-order chi connectivity index (χ0) is 15.6. The van der Waals surface area contributed by atoms with Gasteiger partial charge in [0.15, 0.2) is 11.6 Å². The Labute approximate surface area is 137 Å². The maximum Gasteiger partial charge on any atom is 0.165 e. The zero-order valence-corrected chi connectivity index (χ0v) is 13.4. The highest BCUT2D eigenvalue weighted by Gasteiger charge is 2.12. The number of hydrogen-bond donors (Lipinski definition) is 1. The van der Waals surface area contributed by atoms with Gasteiger partial charge in [-0.15, -0.1) is 0 Å². The van der Waals surface area contributed by atoms with Crippen molar-refractivity contribution in [3.63, 3.8) is 0 Å². The lowest BCUT2D eigenvalue weighted by Crippen LogP contribution is -2.17. The van der Waals surface area contributed by atoms with Crippen molar-refractivity contribution in [1.29, 1.82) is 0 Å². The van der Waals surface area contributed by atoms with Gasteiger partial charge in [-0.1, -0.05) is 40.9 Å². The Kier molecular flexibility index (Phi) is 5.33. The van der Waals surface area contributed by atoms with Gasteiger partial charge in [0.2, 0.25) is 0 Å².